The van der Waals surface area contributed by atoms with Crippen LogP contribution >= 0.6 is 0 Å². The molecule has 2 aliphatic heterocycles. The molecule has 0 atom stereocenters. The van der Waals surface area contributed by atoms with Crippen molar-refractivity contribution >= 4 is 11.8 Å². The summed E-state index contributed by atoms with van der Waals surface area (Å²) in [6, 6.07) is 0. The number of hydrogen-bond acceptors (Lipinski definition) is 4. The monoisotopic (exact) mass is 283 g/mol. The second-order valence-electron chi connectivity index (χ2n) is 5.36. The lowest BCUT2D eigenvalue weighted by atomic mass is 10.1. The van der Waals surface area contributed by atoms with E-state index in [4.69, 9.17) is 4.74 Å². The normalized spacial score (nSPS) is 20.0. The third-order valence-electron chi connectivity index (χ3n) is 3.86. The Bertz CT molecular complexity index is 292. The lowest BCUT2D eigenvalue weighted by molar-refractivity contribution is -0.135. The van der Waals surface area contributed by atoms with Crippen molar-refractivity contribution in [3.63, 3.8) is 0 Å². The van der Waals surface area contributed by atoms with Gasteiger partial charge in [0.25, 0.3) is 0 Å². The topological polar surface area (TPSA) is 61.9 Å². The van der Waals surface area contributed by atoms with E-state index in [0.717, 1.165) is 25.9 Å². The minimum atomic E-state index is 0.0960. The molecule has 114 valence electrons. The molecule has 0 unspecified atom stereocenters. The van der Waals surface area contributed by atoms with Crippen LogP contribution in [-0.4, -0.2) is 74.1 Å². The van der Waals surface area contributed by atoms with Crippen molar-refractivity contribution < 1.29 is 14.3 Å². The number of likely N-dealkylation sites (tertiary alicyclic amines) is 1. The molecule has 1 N–H and O–H groups in total. The van der Waals surface area contributed by atoms with Crippen molar-refractivity contribution in [3.8, 4) is 0 Å². The molecular formula is C14H25N3O3. The Balaban J connectivity index is 1.56. The Morgan fingerprint density at radius 3 is 2.25 bits per heavy atom. The Hall–Kier alpha value is -1.14. The molecule has 0 aliphatic carbocycles. The fourth-order valence-electron chi connectivity index (χ4n) is 2.62. The van der Waals surface area contributed by atoms with Crippen molar-refractivity contribution in [1.29, 1.82) is 0 Å². The van der Waals surface area contributed by atoms with Gasteiger partial charge in [-0.2, -0.15) is 0 Å². The van der Waals surface area contributed by atoms with E-state index < -0.39 is 0 Å². The van der Waals surface area contributed by atoms with Crippen LogP contribution in [0, 0.1) is 0 Å². The number of nitrogens with zero attached hydrogens (tertiary/aromatic N) is 2. The summed E-state index contributed by atoms with van der Waals surface area (Å²) in [7, 11) is 0. The molecule has 20 heavy (non-hydrogen) atoms. The van der Waals surface area contributed by atoms with Gasteiger partial charge in [0, 0.05) is 39.1 Å². The van der Waals surface area contributed by atoms with E-state index in [1.54, 1.807) is 0 Å². The third-order valence-corrected chi connectivity index (χ3v) is 3.86. The van der Waals surface area contributed by atoms with Gasteiger partial charge in [0.1, 0.15) is 0 Å². The van der Waals surface area contributed by atoms with E-state index in [9.17, 15) is 9.59 Å². The van der Waals surface area contributed by atoms with E-state index >= 15 is 0 Å². The van der Waals surface area contributed by atoms with Gasteiger partial charge >= 0.3 is 0 Å². The van der Waals surface area contributed by atoms with Crippen LogP contribution in [0.5, 0.6) is 0 Å². The number of rotatable bonds is 5. The number of piperidine rings is 1. The summed E-state index contributed by atoms with van der Waals surface area (Å²) in [5, 5.41) is 3.07. The second-order valence-corrected chi connectivity index (χ2v) is 5.36. The van der Waals surface area contributed by atoms with E-state index in [-0.39, 0.29) is 11.8 Å². The molecule has 0 bridgehead atoms. The smallest absolute Gasteiger partial charge is 0.236 e. The lowest BCUT2D eigenvalue weighted by Gasteiger charge is -2.27. The van der Waals surface area contributed by atoms with Crippen LogP contribution in [0.3, 0.4) is 0 Å². The molecule has 0 spiro atoms. The van der Waals surface area contributed by atoms with Gasteiger partial charge in [0.15, 0.2) is 0 Å². The highest BCUT2D eigenvalue weighted by molar-refractivity contribution is 5.79. The van der Waals surface area contributed by atoms with Gasteiger partial charge in [-0.15, -0.1) is 0 Å². The molecule has 0 aromatic rings. The molecule has 0 aromatic heterocycles. The minimum Gasteiger partial charge on any atom is -0.378 e. The van der Waals surface area contributed by atoms with Gasteiger partial charge in [-0.3, -0.25) is 9.59 Å². The highest BCUT2D eigenvalue weighted by Crippen LogP contribution is 2.09. The van der Waals surface area contributed by atoms with E-state index in [1.165, 1.54) is 6.42 Å². The quantitative estimate of drug-likeness (QED) is 0.712. The molecule has 2 amide bonds. The number of ether oxygens (including phenoxy) is 1. The standard InChI is InChI=1S/C14H25N3O3/c18-13(16-6-2-1-3-7-16)4-5-15-12-14(19)17-8-10-20-11-9-17/h15H,1-12H2. The van der Waals surface area contributed by atoms with Crippen LogP contribution in [0.25, 0.3) is 0 Å². The highest BCUT2D eigenvalue weighted by Gasteiger charge is 2.17. The van der Waals surface area contributed by atoms with Crippen molar-refractivity contribution in [1.82, 2.24) is 15.1 Å². The zero-order valence-corrected chi connectivity index (χ0v) is 12.1. The van der Waals surface area contributed by atoms with Gasteiger partial charge in [-0.1, -0.05) is 0 Å². The number of hydrogen-bond donors (Lipinski definition) is 1. The third kappa shape index (κ3) is 4.76. The second kappa shape index (κ2) is 8.21. The van der Waals surface area contributed by atoms with Crippen molar-refractivity contribution in [2.45, 2.75) is 25.7 Å². The van der Waals surface area contributed by atoms with Gasteiger partial charge in [0.2, 0.25) is 11.8 Å². The number of amides is 2. The molecule has 0 radical (unpaired) electrons. The summed E-state index contributed by atoms with van der Waals surface area (Å²) >= 11 is 0. The molecule has 2 saturated heterocycles. The summed E-state index contributed by atoms with van der Waals surface area (Å²) < 4.78 is 5.21. The maximum absolute atomic E-state index is 11.9. The van der Waals surface area contributed by atoms with E-state index in [0.29, 0.717) is 45.8 Å². The van der Waals surface area contributed by atoms with Crippen LogP contribution in [-0.2, 0) is 14.3 Å². The maximum atomic E-state index is 11.9. The Morgan fingerprint density at radius 2 is 1.55 bits per heavy atom. The number of carbonyl (C=O) groups excluding carboxylic acids is 2. The Morgan fingerprint density at radius 1 is 0.900 bits per heavy atom. The van der Waals surface area contributed by atoms with Crippen LogP contribution in [0.4, 0.5) is 0 Å². The molecule has 6 nitrogen and oxygen atoms in total. The van der Waals surface area contributed by atoms with Gasteiger partial charge in [0.05, 0.1) is 19.8 Å². The summed E-state index contributed by atoms with van der Waals surface area (Å²) in [6.45, 7) is 5.27. The predicted octanol–water partition coefficient (Wildman–Crippen LogP) is -0.163. The fourth-order valence-corrected chi connectivity index (χ4v) is 2.62. The van der Waals surface area contributed by atoms with Crippen molar-refractivity contribution in [2.75, 3.05) is 52.5 Å². The van der Waals surface area contributed by atoms with Crippen LogP contribution in [0.1, 0.15) is 25.7 Å². The lowest BCUT2D eigenvalue weighted by Crippen LogP contribution is -2.45. The minimum absolute atomic E-state index is 0.0960. The molecule has 0 aromatic carbocycles. The van der Waals surface area contributed by atoms with Crippen molar-refractivity contribution in [2.24, 2.45) is 0 Å². The Labute approximate surface area is 120 Å². The Kier molecular flexibility index (Phi) is 6.26. The predicted molar refractivity (Wildman–Crippen MR) is 75.3 cm³/mol. The van der Waals surface area contributed by atoms with Crippen molar-refractivity contribution in [3.05, 3.63) is 0 Å². The number of carbonyl (C=O) groups is 2. The summed E-state index contributed by atoms with van der Waals surface area (Å²) in [5.41, 5.74) is 0. The SMILES string of the molecule is O=C(CCNCC(=O)N1CCOCC1)N1CCCCC1. The highest BCUT2D eigenvalue weighted by atomic mass is 16.5. The molecule has 2 aliphatic rings. The largest absolute Gasteiger partial charge is 0.378 e. The fraction of sp³-hybridized carbons (Fsp3) is 0.857. The first-order valence-electron chi connectivity index (χ1n) is 7.61. The molecule has 6 heteroatoms. The van der Waals surface area contributed by atoms with E-state index in [2.05, 4.69) is 5.32 Å². The van der Waals surface area contributed by atoms with Gasteiger partial charge in [-0.25, -0.2) is 0 Å². The van der Waals surface area contributed by atoms with Crippen LogP contribution < -0.4 is 5.32 Å². The molecule has 2 heterocycles. The molecule has 2 fully saturated rings. The van der Waals surface area contributed by atoms with Gasteiger partial charge in [-0.05, 0) is 19.3 Å². The first kappa shape index (κ1) is 15.3. The molecule has 2 rings (SSSR count). The first-order valence-corrected chi connectivity index (χ1v) is 7.61. The summed E-state index contributed by atoms with van der Waals surface area (Å²) in [6.07, 6.45) is 3.95. The van der Waals surface area contributed by atoms with E-state index in [1.807, 2.05) is 9.80 Å². The maximum Gasteiger partial charge on any atom is 0.236 e. The first-order chi connectivity index (χ1) is 9.77. The summed E-state index contributed by atoms with van der Waals surface area (Å²) in [5.74, 6) is 0.301. The average molecular weight is 283 g/mol. The molecule has 0 saturated carbocycles. The van der Waals surface area contributed by atoms with Crippen LogP contribution in [0.2, 0.25) is 0 Å². The zero-order chi connectivity index (χ0) is 14.2. The van der Waals surface area contributed by atoms with Gasteiger partial charge < -0.3 is 19.9 Å². The summed E-state index contributed by atoms with van der Waals surface area (Å²) in [4.78, 5) is 27.5. The number of morpholine rings is 1. The zero-order valence-electron chi connectivity index (χ0n) is 12.1. The van der Waals surface area contributed by atoms with Crippen LogP contribution in [0.15, 0.2) is 0 Å². The number of nitrogens with one attached hydrogen (secondary N) is 1. The average Bonchev–Trinajstić information content (AvgIpc) is 2.53. The molecular weight excluding hydrogens is 258 g/mol.